The fourth-order valence-electron chi connectivity index (χ4n) is 1.41. The number of aromatic nitrogens is 3. The van der Waals surface area contributed by atoms with Crippen LogP contribution < -0.4 is 5.73 Å². The SMILES string of the molecule is Cc1cncc(C(N)c2cncnc2)c1. The van der Waals surface area contributed by atoms with Gasteiger partial charge in [0.15, 0.2) is 0 Å². The number of aryl methyl sites for hydroxylation is 1. The van der Waals surface area contributed by atoms with Crippen molar-refractivity contribution in [1.29, 1.82) is 0 Å². The smallest absolute Gasteiger partial charge is 0.115 e. The first-order valence-corrected chi connectivity index (χ1v) is 4.69. The van der Waals surface area contributed by atoms with E-state index in [4.69, 9.17) is 5.73 Å². The quantitative estimate of drug-likeness (QED) is 0.791. The van der Waals surface area contributed by atoms with Gasteiger partial charge in [-0.15, -0.1) is 0 Å². The molecule has 0 aliphatic rings. The Bertz CT molecular complexity index is 441. The molecule has 2 heterocycles. The Morgan fingerprint density at radius 1 is 1.00 bits per heavy atom. The minimum Gasteiger partial charge on any atom is -0.320 e. The molecule has 2 rings (SSSR count). The molecule has 4 nitrogen and oxygen atoms in total. The third kappa shape index (κ3) is 2.16. The van der Waals surface area contributed by atoms with E-state index in [1.807, 2.05) is 13.0 Å². The lowest BCUT2D eigenvalue weighted by atomic mass is 10.0. The van der Waals surface area contributed by atoms with E-state index in [1.165, 1.54) is 6.33 Å². The molecule has 0 aliphatic carbocycles. The summed E-state index contributed by atoms with van der Waals surface area (Å²) in [7, 11) is 0. The molecule has 0 bridgehead atoms. The van der Waals surface area contributed by atoms with E-state index in [0.29, 0.717) is 0 Å². The normalized spacial score (nSPS) is 12.4. The highest BCUT2D eigenvalue weighted by Crippen LogP contribution is 2.17. The number of rotatable bonds is 2. The molecule has 0 amide bonds. The molecular weight excluding hydrogens is 188 g/mol. The molecule has 4 heteroatoms. The van der Waals surface area contributed by atoms with Gasteiger partial charge >= 0.3 is 0 Å². The minimum atomic E-state index is -0.210. The Balaban J connectivity index is 2.32. The van der Waals surface area contributed by atoms with Crippen molar-refractivity contribution in [3.63, 3.8) is 0 Å². The second-order valence-corrected chi connectivity index (χ2v) is 3.45. The van der Waals surface area contributed by atoms with Gasteiger partial charge in [0.05, 0.1) is 6.04 Å². The zero-order chi connectivity index (χ0) is 10.7. The van der Waals surface area contributed by atoms with Crippen molar-refractivity contribution in [2.24, 2.45) is 5.73 Å². The number of nitrogens with two attached hydrogens (primary N) is 1. The monoisotopic (exact) mass is 200 g/mol. The van der Waals surface area contributed by atoms with Crippen LogP contribution in [0.5, 0.6) is 0 Å². The number of hydrogen-bond donors (Lipinski definition) is 1. The Morgan fingerprint density at radius 2 is 1.67 bits per heavy atom. The number of hydrogen-bond acceptors (Lipinski definition) is 4. The summed E-state index contributed by atoms with van der Waals surface area (Å²) in [6.45, 7) is 1.99. The molecule has 2 aromatic rings. The van der Waals surface area contributed by atoms with Crippen molar-refractivity contribution in [1.82, 2.24) is 15.0 Å². The van der Waals surface area contributed by atoms with E-state index in [-0.39, 0.29) is 6.04 Å². The van der Waals surface area contributed by atoms with E-state index in [2.05, 4.69) is 15.0 Å². The van der Waals surface area contributed by atoms with Crippen molar-refractivity contribution in [3.05, 3.63) is 53.9 Å². The van der Waals surface area contributed by atoms with Crippen LogP contribution in [-0.4, -0.2) is 15.0 Å². The first-order valence-electron chi connectivity index (χ1n) is 4.69. The molecule has 15 heavy (non-hydrogen) atoms. The predicted molar refractivity (Wildman–Crippen MR) is 57.0 cm³/mol. The third-order valence-corrected chi connectivity index (χ3v) is 2.19. The van der Waals surface area contributed by atoms with Crippen molar-refractivity contribution < 1.29 is 0 Å². The zero-order valence-corrected chi connectivity index (χ0v) is 8.46. The van der Waals surface area contributed by atoms with Gasteiger partial charge in [-0.05, 0) is 18.1 Å². The lowest BCUT2D eigenvalue weighted by molar-refractivity contribution is 0.841. The van der Waals surface area contributed by atoms with E-state index < -0.39 is 0 Å². The van der Waals surface area contributed by atoms with Crippen LogP contribution in [0.2, 0.25) is 0 Å². The summed E-state index contributed by atoms with van der Waals surface area (Å²) in [6, 6.07) is 1.81. The average Bonchev–Trinajstić information content (AvgIpc) is 2.29. The van der Waals surface area contributed by atoms with Crippen LogP contribution in [0.3, 0.4) is 0 Å². The van der Waals surface area contributed by atoms with Gasteiger partial charge in [-0.1, -0.05) is 6.07 Å². The summed E-state index contributed by atoms with van der Waals surface area (Å²) in [5, 5.41) is 0. The van der Waals surface area contributed by atoms with Crippen LogP contribution >= 0.6 is 0 Å². The maximum absolute atomic E-state index is 6.07. The fraction of sp³-hybridized carbons (Fsp3) is 0.182. The first-order chi connectivity index (χ1) is 7.27. The summed E-state index contributed by atoms with van der Waals surface area (Å²) in [4.78, 5) is 12.0. The summed E-state index contributed by atoms with van der Waals surface area (Å²) < 4.78 is 0. The highest BCUT2D eigenvalue weighted by molar-refractivity contribution is 5.28. The van der Waals surface area contributed by atoms with Gasteiger partial charge in [0.25, 0.3) is 0 Å². The highest BCUT2D eigenvalue weighted by atomic mass is 14.8. The molecule has 0 saturated heterocycles. The van der Waals surface area contributed by atoms with Crippen molar-refractivity contribution in [2.75, 3.05) is 0 Å². The van der Waals surface area contributed by atoms with Crippen LogP contribution in [0, 0.1) is 6.92 Å². The van der Waals surface area contributed by atoms with E-state index in [9.17, 15) is 0 Å². The Hall–Kier alpha value is -1.81. The predicted octanol–water partition coefficient (Wildman–Crippen LogP) is 1.23. The minimum absolute atomic E-state index is 0.210. The second-order valence-electron chi connectivity index (χ2n) is 3.45. The van der Waals surface area contributed by atoms with Crippen LogP contribution in [0.25, 0.3) is 0 Å². The molecule has 0 radical (unpaired) electrons. The Kier molecular flexibility index (Phi) is 2.69. The van der Waals surface area contributed by atoms with Gasteiger partial charge in [0.2, 0.25) is 0 Å². The standard InChI is InChI=1S/C11H12N4/c1-8-2-9(4-13-3-8)11(12)10-5-14-7-15-6-10/h2-7,11H,12H2,1H3. The number of nitrogens with zero attached hydrogens (tertiary/aromatic N) is 3. The van der Waals surface area contributed by atoms with Crippen LogP contribution in [-0.2, 0) is 0 Å². The highest BCUT2D eigenvalue weighted by Gasteiger charge is 2.09. The van der Waals surface area contributed by atoms with E-state index in [1.54, 1.807) is 24.8 Å². The molecule has 0 fully saturated rings. The van der Waals surface area contributed by atoms with Gasteiger partial charge in [-0.3, -0.25) is 4.98 Å². The maximum atomic E-state index is 6.07. The third-order valence-electron chi connectivity index (χ3n) is 2.19. The molecule has 76 valence electrons. The lowest BCUT2D eigenvalue weighted by Crippen LogP contribution is -2.12. The van der Waals surface area contributed by atoms with Crippen LogP contribution in [0.1, 0.15) is 22.7 Å². The fourth-order valence-corrected chi connectivity index (χ4v) is 1.41. The van der Waals surface area contributed by atoms with Gasteiger partial charge < -0.3 is 5.73 Å². The molecule has 1 atom stereocenters. The first kappa shape index (κ1) is 9.73. The molecule has 2 N–H and O–H groups in total. The van der Waals surface area contributed by atoms with Crippen molar-refractivity contribution in [2.45, 2.75) is 13.0 Å². The van der Waals surface area contributed by atoms with E-state index in [0.717, 1.165) is 16.7 Å². The molecule has 0 aliphatic heterocycles. The van der Waals surface area contributed by atoms with E-state index >= 15 is 0 Å². The molecule has 0 spiro atoms. The topological polar surface area (TPSA) is 64.7 Å². The molecular formula is C11H12N4. The molecule has 2 aromatic heterocycles. The molecule has 1 unspecified atom stereocenters. The number of pyridine rings is 1. The van der Waals surface area contributed by atoms with Crippen LogP contribution in [0.4, 0.5) is 0 Å². The average molecular weight is 200 g/mol. The Labute approximate surface area is 88.2 Å². The van der Waals surface area contributed by atoms with Crippen molar-refractivity contribution in [3.8, 4) is 0 Å². The lowest BCUT2D eigenvalue weighted by Gasteiger charge is -2.11. The largest absolute Gasteiger partial charge is 0.320 e. The maximum Gasteiger partial charge on any atom is 0.115 e. The summed E-state index contributed by atoms with van der Waals surface area (Å²) in [5.74, 6) is 0. The summed E-state index contributed by atoms with van der Waals surface area (Å²) >= 11 is 0. The second kappa shape index (κ2) is 4.14. The van der Waals surface area contributed by atoms with Crippen molar-refractivity contribution >= 4 is 0 Å². The van der Waals surface area contributed by atoms with Crippen LogP contribution in [0.15, 0.2) is 37.2 Å². The molecule has 0 saturated carbocycles. The van der Waals surface area contributed by atoms with Gasteiger partial charge in [0.1, 0.15) is 6.33 Å². The summed E-state index contributed by atoms with van der Waals surface area (Å²) in [6.07, 6.45) is 8.51. The molecule has 0 aromatic carbocycles. The summed E-state index contributed by atoms with van der Waals surface area (Å²) in [5.41, 5.74) is 9.03. The van der Waals surface area contributed by atoms with Gasteiger partial charge in [0, 0.05) is 30.4 Å². The Morgan fingerprint density at radius 3 is 2.33 bits per heavy atom. The zero-order valence-electron chi connectivity index (χ0n) is 8.46. The van der Waals surface area contributed by atoms with Gasteiger partial charge in [-0.25, -0.2) is 9.97 Å². The van der Waals surface area contributed by atoms with Gasteiger partial charge in [-0.2, -0.15) is 0 Å².